The molecule has 0 aromatic heterocycles. The van der Waals surface area contributed by atoms with Crippen LogP contribution < -0.4 is 10.2 Å². The lowest BCUT2D eigenvalue weighted by molar-refractivity contribution is -0.384. The molecule has 7 heteroatoms. The molecule has 2 N–H and O–H groups in total. The zero-order valence-corrected chi connectivity index (χ0v) is 12.1. The molecular formula is C14H19N3O4. The molecule has 0 aliphatic carbocycles. The van der Waals surface area contributed by atoms with Crippen LogP contribution in [0.5, 0.6) is 0 Å². The summed E-state index contributed by atoms with van der Waals surface area (Å²) in [6.45, 7) is 4.42. The molecule has 0 radical (unpaired) electrons. The van der Waals surface area contributed by atoms with Gasteiger partial charge >= 0.3 is 0 Å². The van der Waals surface area contributed by atoms with E-state index < -0.39 is 4.92 Å². The fourth-order valence-electron chi connectivity index (χ4n) is 2.52. The lowest BCUT2D eigenvalue weighted by Gasteiger charge is -2.28. The summed E-state index contributed by atoms with van der Waals surface area (Å²) in [7, 11) is 0. The molecule has 1 aliphatic heterocycles. The number of benzene rings is 1. The van der Waals surface area contributed by atoms with E-state index in [1.807, 2.05) is 18.7 Å². The zero-order valence-electron chi connectivity index (χ0n) is 12.1. The second-order valence-corrected chi connectivity index (χ2v) is 5.34. The molecule has 1 amide bonds. The summed E-state index contributed by atoms with van der Waals surface area (Å²) in [5, 5.41) is 23.0. The fraction of sp³-hybridized carbons (Fsp3) is 0.500. The smallest absolute Gasteiger partial charge is 0.292 e. The summed E-state index contributed by atoms with van der Waals surface area (Å²) in [6.07, 6.45) is 0.702. The average Bonchev–Trinajstić information content (AvgIpc) is 2.76. The van der Waals surface area contributed by atoms with E-state index in [4.69, 9.17) is 5.11 Å². The van der Waals surface area contributed by atoms with Crippen molar-refractivity contribution in [2.75, 3.05) is 23.4 Å². The normalized spacial score (nSPS) is 13.2. The van der Waals surface area contributed by atoms with Crippen molar-refractivity contribution >= 4 is 23.0 Å². The van der Waals surface area contributed by atoms with E-state index >= 15 is 0 Å². The molecule has 0 fully saturated rings. The largest absolute Gasteiger partial charge is 0.396 e. The van der Waals surface area contributed by atoms with Gasteiger partial charge in [-0.25, -0.2) is 0 Å². The minimum absolute atomic E-state index is 0.00288. The predicted octanol–water partition coefficient (Wildman–Crippen LogP) is 1.69. The van der Waals surface area contributed by atoms with Gasteiger partial charge in [-0.2, -0.15) is 0 Å². The van der Waals surface area contributed by atoms with E-state index in [2.05, 4.69) is 5.32 Å². The summed E-state index contributed by atoms with van der Waals surface area (Å²) in [4.78, 5) is 24.2. The number of nitro groups is 1. The van der Waals surface area contributed by atoms with Gasteiger partial charge in [-0.05, 0) is 31.9 Å². The van der Waals surface area contributed by atoms with Crippen LogP contribution >= 0.6 is 0 Å². The first kappa shape index (κ1) is 15.2. The molecule has 114 valence electrons. The number of nitrogens with one attached hydrogen (secondary N) is 1. The van der Waals surface area contributed by atoms with Gasteiger partial charge in [-0.15, -0.1) is 0 Å². The molecule has 1 aromatic rings. The SMILES string of the molecule is CC(C)N(CCCO)c1cc2c(cc1[N+](=O)[O-])CC(=O)N2. The van der Waals surface area contributed by atoms with Crippen molar-refractivity contribution in [1.82, 2.24) is 0 Å². The van der Waals surface area contributed by atoms with Crippen molar-refractivity contribution in [3.05, 3.63) is 27.8 Å². The van der Waals surface area contributed by atoms with Gasteiger partial charge in [-0.1, -0.05) is 0 Å². The number of carbonyl (C=O) groups excluding carboxylic acids is 1. The van der Waals surface area contributed by atoms with Gasteiger partial charge in [0.15, 0.2) is 0 Å². The van der Waals surface area contributed by atoms with Gasteiger partial charge in [0, 0.05) is 30.9 Å². The first-order valence-corrected chi connectivity index (χ1v) is 6.92. The van der Waals surface area contributed by atoms with Crippen LogP contribution in [0.25, 0.3) is 0 Å². The van der Waals surface area contributed by atoms with Gasteiger partial charge < -0.3 is 15.3 Å². The fourth-order valence-corrected chi connectivity index (χ4v) is 2.52. The van der Waals surface area contributed by atoms with E-state index in [0.29, 0.717) is 29.9 Å². The average molecular weight is 293 g/mol. The Balaban J connectivity index is 2.47. The number of anilines is 2. The summed E-state index contributed by atoms with van der Waals surface area (Å²) in [5.41, 5.74) is 1.76. The number of aliphatic hydroxyl groups excluding tert-OH is 1. The van der Waals surface area contributed by atoms with Crippen LogP contribution in [0.2, 0.25) is 0 Å². The van der Waals surface area contributed by atoms with E-state index in [1.54, 1.807) is 6.07 Å². The lowest BCUT2D eigenvalue weighted by atomic mass is 10.1. The molecule has 2 rings (SSSR count). The summed E-state index contributed by atoms with van der Waals surface area (Å²) in [5.74, 6) is -0.150. The molecule has 0 atom stereocenters. The molecule has 0 bridgehead atoms. The molecule has 21 heavy (non-hydrogen) atoms. The summed E-state index contributed by atoms with van der Waals surface area (Å²) in [6, 6.07) is 3.18. The molecule has 1 aliphatic rings. The standard InChI is InChI=1S/C14H19N3O4/c1-9(2)16(4-3-5-18)12-8-11-10(7-14(19)15-11)6-13(12)17(20)21/h6,8-9,18H,3-5,7H2,1-2H3,(H,15,19). The molecule has 1 heterocycles. The van der Waals surface area contributed by atoms with Crippen LogP contribution in [0.4, 0.5) is 17.1 Å². The first-order chi connectivity index (χ1) is 9.93. The Morgan fingerprint density at radius 2 is 2.19 bits per heavy atom. The van der Waals surface area contributed by atoms with Crippen LogP contribution in [0.1, 0.15) is 25.8 Å². The van der Waals surface area contributed by atoms with E-state index in [0.717, 1.165) is 0 Å². The van der Waals surface area contributed by atoms with Gasteiger partial charge in [-0.3, -0.25) is 14.9 Å². The van der Waals surface area contributed by atoms with Crippen LogP contribution in [0.3, 0.4) is 0 Å². The third kappa shape index (κ3) is 3.13. The molecule has 0 saturated carbocycles. The Labute approximate surface area is 122 Å². The van der Waals surface area contributed by atoms with Crippen molar-refractivity contribution in [2.45, 2.75) is 32.7 Å². The number of fused-ring (bicyclic) bond motifs is 1. The van der Waals surface area contributed by atoms with Crippen molar-refractivity contribution in [1.29, 1.82) is 0 Å². The highest BCUT2D eigenvalue weighted by Crippen LogP contribution is 2.37. The maximum absolute atomic E-state index is 11.4. The highest BCUT2D eigenvalue weighted by Gasteiger charge is 2.27. The number of carbonyl (C=O) groups is 1. The second kappa shape index (κ2) is 6.09. The number of rotatable bonds is 6. The Morgan fingerprint density at radius 3 is 2.76 bits per heavy atom. The van der Waals surface area contributed by atoms with E-state index in [9.17, 15) is 14.9 Å². The first-order valence-electron chi connectivity index (χ1n) is 6.92. The Bertz CT molecular complexity index is 572. The molecule has 7 nitrogen and oxygen atoms in total. The minimum Gasteiger partial charge on any atom is -0.396 e. The number of nitrogens with zero attached hydrogens (tertiary/aromatic N) is 2. The monoisotopic (exact) mass is 293 g/mol. The molecule has 1 aromatic carbocycles. The summed E-state index contributed by atoms with van der Waals surface area (Å²) >= 11 is 0. The van der Waals surface area contributed by atoms with Crippen LogP contribution in [0, 0.1) is 10.1 Å². The number of hydrogen-bond acceptors (Lipinski definition) is 5. The van der Waals surface area contributed by atoms with E-state index in [1.165, 1.54) is 6.07 Å². The maximum atomic E-state index is 11.4. The Kier molecular flexibility index (Phi) is 4.42. The third-order valence-electron chi connectivity index (χ3n) is 3.51. The quantitative estimate of drug-likeness (QED) is 0.614. The number of aliphatic hydroxyl groups is 1. The molecule has 0 saturated heterocycles. The Hall–Kier alpha value is -2.15. The highest BCUT2D eigenvalue weighted by molar-refractivity contribution is 6.00. The van der Waals surface area contributed by atoms with Crippen molar-refractivity contribution in [2.24, 2.45) is 0 Å². The van der Waals surface area contributed by atoms with Gasteiger partial charge in [0.1, 0.15) is 5.69 Å². The number of hydrogen-bond donors (Lipinski definition) is 2. The van der Waals surface area contributed by atoms with Crippen LogP contribution in [-0.2, 0) is 11.2 Å². The molecular weight excluding hydrogens is 274 g/mol. The second-order valence-electron chi connectivity index (χ2n) is 5.34. The van der Waals surface area contributed by atoms with Gasteiger partial charge in [0.05, 0.1) is 11.3 Å². The third-order valence-corrected chi connectivity index (χ3v) is 3.51. The van der Waals surface area contributed by atoms with Gasteiger partial charge in [0.25, 0.3) is 5.69 Å². The zero-order chi connectivity index (χ0) is 15.6. The highest BCUT2D eigenvalue weighted by atomic mass is 16.6. The van der Waals surface area contributed by atoms with Crippen LogP contribution in [-0.4, -0.2) is 35.1 Å². The topological polar surface area (TPSA) is 95.7 Å². The van der Waals surface area contributed by atoms with Crippen molar-refractivity contribution in [3.8, 4) is 0 Å². The Morgan fingerprint density at radius 1 is 1.48 bits per heavy atom. The van der Waals surface area contributed by atoms with Gasteiger partial charge in [0.2, 0.25) is 5.91 Å². The maximum Gasteiger partial charge on any atom is 0.292 e. The number of nitro benzene ring substituents is 1. The summed E-state index contributed by atoms with van der Waals surface area (Å²) < 4.78 is 0. The van der Waals surface area contributed by atoms with Crippen LogP contribution in [0.15, 0.2) is 12.1 Å². The molecule has 0 unspecified atom stereocenters. The van der Waals surface area contributed by atoms with Crippen molar-refractivity contribution < 1.29 is 14.8 Å². The lowest BCUT2D eigenvalue weighted by Crippen LogP contribution is -2.32. The van der Waals surface area contributed by atoms with Crippen molar-refractivity contribution in [3.63, 3.8) is 0 Å². The molecule has 0 spiro atoms. The minimum atomic E-state index is -0.424. The number of amides is 1. The predicted molar refractivity (Wildman–Crippen MR) is 79.6 cm³/mol. The van der Waals surface area contributed by atoms with E-state index in [-0.39, 0.29) is 30.7 Å².